The predicted octanol–water partition coefficient (Wildman–Crippen LogP) is 2.71. The fraction of sp³-hybridized carbons (Fsp3) is 0.316. The number of aromatic nitrogens is 1. The number of halogens is 1. The van der Waals surface area contributed by atoms with Crippen LogP contribution in [0.4, 0.5) is 0 Å². The first-order chi connectivity index (χ1) is 12.9. The van der Waals surface area contributed by atoms with Gasteiger partial charge < -0.3 is 19.5 Å². The average molecular weight is 393 g/mol. The van der Waals surface area contributed by atoms with E-state index in [1.807, 2.05) is 12.1 Å². The Balaban J connectivity index is 1.76. The van der Waals surface area contributed by atoms with Crippen LogP contribution in [0.25, 0.3) is 0 Å². The number of hydrogen-bond acceptors (Lipinski definition) is 6. The first kappa shape index (κ1) is 20.5. The predicted molar refractivity (Wildman–Crippen MR) is 101 cm³/mol. The molecular formula is C19H21ClN2O5. The number of esters is 1. The van der Waals surface area contributed by atoms with E-state index < -0.39 is 18.5 Å². The maximum absolute atomic E-state index is 12.1. The van der Waals surface area contributed by atoms with Crippen molar-refractivity contribution in [3.8, 4) is 11.5 Å². The zero-order valence-electron chi connectivity index (χ0n) is 15.4. The zero-order chi connectivity index (χ0) is 19.8. The lowest BCUT2D eigenvalue weighted by Crippen LogP contribution is -2.32. The van der Waals surface area contributed by atoms with Crippen LogP contribution in [0.5, 0.6) is 11.5 Å². The third-order valence-corrected chi connectivity index (χ3v) is 3.86. The Kier molecular flexibility index (Phi) is 7.43. The second-order valence-corrected chi connectivity index (χ2v) is 6.03. The van der Waals surface area contributed by atoms with Crippen molar-refractivity contribution in [1.29, 1.82) is 0 Å². The molecule has 0 atom stereocenters. The van der Waals surface area contributed by atoms with Gasteiger partial charge in [-0.3, -0.25) is 4.79 Å². The molecule has 0 spiro atoms. The topological polar surface area (TPSA) is 86.8 Å². The van der Waals surface area contributed by atoms with E-state index in [0.717, 1.165) is 0 Å². The summed E-state index contributed by atoms with van der Waals surface area (Å²) in [5.74, 6) is 0.0561. The molecule has 0 fully saturated rings. The van der Waals surface area contributed by atoms with Crippen molar-refractivity contribution >= 4 is 23.5 Å². The number of aryl methyl sites for hydroxylation is 2. The summed E-state index contributed by atoms with van der Waals surface area (Å²) in [6.45, 7) is 3.57. The molecule has 2 rings (SSSR count). The number of carbonyl (C=O) groups is 2. The Morgan fingerprint density at radius 1 is 1.19 bits per heavy atom. The molecule has 0 aliphatic rings. The molecule has 1 heterocycles. The second-order valence-electron chi connectivity index (χ2n) is 5.67. The van der Waals surface area contributed by atoms with Gasteiger partial charge in [-0.05, 0) is 37.6 Å². The Labute approximate surface area is 162 Å². The number of pyridine rings is 1. The summed E-state index contributed by atoms with van der Waals surface area (Å²) in [4.78, 5) is 28.0. The molecule has 0 saturated carbocycles. The molecule has 0 aliphatic heterocycles. The van der Waals surface area contributed by atoms with Gasteiger partial charge in [0.2, 0.25) is 0 Å². The summed E-state index contributed by atoms with van der Waals surface area (Å²) < 4.78 is 15.7. The van der Waals surface area contributed by atoms with Crippen LogP contribution < -0.4 is 14.8 Å². The summed E-state index contributed by atoms with van der Waals surface area (Å²) in [5, 5.41) is 2.66. The molecule has 1 amide bonds. The number of amides is 1. The number of ether oxygens (including phenoxy) is 3. The number of nitrogens with zero attached hydrogens (tertiary/aromatic N) is 1. The van der Waals surface area contributed by atoms with E-state index in [1.54, 1.807) is 39.2 Å². The number of methoxy groups -OCH3 is 1. The molecule has 27 heavy (non-hydrogen) atoms. The quantitative estimate of drug-likeness (QED) is 0.422. The molecule has 1 N–H and O–H groups in total. The van der Waals surface area contributed by atoms with Gasteiger partial charge in [0.15, 0.2) is 18.1 Å². The monoisotopic (exact) mass is 392 g/mol. The van der Waals surface area contributed by atoms with Crippen LogP contribution in [0, 0.1) is 13.8 Å². The minimum absolute atomic E-state index is 0.0584. The Morgan fingerprint density at radius 3 is 2.56 bits per heavy atom. The number of hydrogen-bond donors (Lipinski definition) is 1. The molecule has 0 saturated heterocycles. The Hall–Kier alpha value is -2.80. The molecule has 2 aromatic rings. The van der Waals surface area contributed by atoms with Crippen LogP contribution in [-0.4, -0.2) is 43.7 Å². The highest BCUT2D eigenvalue weighted by molar-refractivity contribution is 6.32. The number of para-hydroxylation sites is 2. The van der Waals surface area contributed by atoms with E-state index in [-0.39, 0.29) is 23.9 Å². The number of benzene rings is 1. The molecule has 0 unspecified atom stereocenters. The summed E-state index contributed by atoms with van der Waals surface area (Å²) in [6, 6.07) is 8.92. The van der Waals surface area contributed by atoms with Crippen molar-refractivity contribution in [2.75, 3.05) is 26.9 Å². The number of carbonyl (C=O) groups excluding carboxylic acids is 2. The van der Waals surface area contributed by atoms with E-state index in [2.05, 4.69) is 10.3 Å². The Morgan fingerprint density at radius 2 is 1.89 bits per heavy atom. The zero-order valence-corrected chi connectivity index (χ0v) is 16.1. The Bertz CT molecular complexity index is 802. The van der Waals surface area contributed by atoms with Crippen LogP contribution in [-0.2, 0) is 9.53 Å². The molecule has 7 nitrogen and oxygen atoms in total. The highest BCUT2D eigenvalue weighted by Gasteiger charge is 2.18. The van der Waals surface area contributed by atoms with Gasteiger partial charge in [0, 0.05) is 5.69 Å². The van der Waals surface area contributed by atoms with Gasteiger partial charge in [-0.2, -0.15) is 0 Å². The molecule has 8 heteroatoms. The average Bonchev–Trinajstić information content (AvgIpc) is 2.63. The van der Waals surface area contributed by atoms with Crippen molar-refractivity contribution in [2.24, 2.45) is 0 Å². The molecule has 0 radical (unpaired) electrons. The van der Waals surface area contributed by atoms with Crippen LogP contribution in [0.2, 0.25) is 5.15 Å². The first-order valence-electron chi connectivity index (χ1n) is 8.25. The van der Waals surface area contributed by atoms with Crippen molar-refractivity contribution < 1.29 is 23.8 Å². The second kappa shape index (κ2) is 9.78. The van der Waals surface area contributed by atoms with Crippen LogP contribution in [0.1, 0.15) is 21.6 Å². The van der Waals surface area contributed by atoms with Crippen molar-refractivity contribution in [1.82, 2.24) is 10.3 Å². The van der Waals surface area contributed by atoms with E-state index in [9.17, 15) is 9.59 Å². The van der Waals surface area contributed by atoms with Gasteiger partial charge in [0.25, 0.3) is 5.91 Å². The molecule has 1 aromatic carbocycles. The number of rotatable bonds is 8. The minimum Gasteiger partial charge on any atom is -0.493 e. The summed E-state index contributed by atoms with van der Waals surface area (Å²) >= 11 is 5.99. The van der Waals surface area contributed by atoms with Gasteiger partial charge in [0.1, 0.15) is 11.8 Å². The third kappa shape index (κ3) is 5.86. The SMILES string of the molecule is COc1ccccc1OCCNC(=O)COC(=O)c1c(C)cc(C)nc1Cl. The van der Waals surface area contributed by atoms with Gasteiger partial charge in [-0.15, -0.1) is 0 Å². The van der Waals surface area contributed by atoms with Crippen LogP contribution in [0.3, 0.4) is 0 Å². The van der Waals surface area contributed by atoms with Crippen molar-refractivity contribution in [3.63, 3.8) is 0 Å². The minimum atomic E-state index is -0.689. The van der Waals surface area contributed by atoms with E-state index in [0.29, 0.717) is 22.8 Å². The fourth-order valence-electron chi connectivity index (χ4n) is 2.38. The highest BCUT2D eigenvalue weighted by Crippen LogP contribution is 2.25. The smallest absolute Gasteiger partial charge is 0.342 e. The lowest BCUT2D eigenvalue weighted by Gasteiger charge is -2.11. The first-order valence-corrected chi connectivity index (χ1v) is 8.63. The fourth-order valence-corrected chi connectivity index (χ4v) is 2.74. The van der Waals surface area contributed by atoms with Gasteiger partial charge in [-0.1, -0.05) is 23.7 Å². The normalized spacial score (nSPS) is 10.2. The third-order valence-electron chi connectivity index (χ3n) is 3.59. The summed E-state index contributed by atoms with van der Waals surface area (Å²) in [5.41, 5.74) is 1.50. The standard InChI is InChI=1S/C19H21ClN2O5/c1-12-10-13(2)22-18(20)17(12)19(24)27-11-16(23)21-8-9-26-15-7-5-4-6-14(15)25-3/h4-7,10H,8-9,11H2,1-3H3,(H,21,23). The van der Waals surface area contributed by atoms with E-state index in [1.165, 1.54) is 0 Å². The van der Waals surface area contributed by atoms with Crippen LogP contribution >= 0.6 is 11.6 Å². The van der Waals surface area contributed by atoms with Gasteiger partial charge in [-0.25, -0.2) is 9.78 Å². The number of nitrogens with one attached hydrogen (secondary N) is 1. The highest BCUT2D eigenvalue weighted by atomic mass is 35.5. The molecular weight excluding hydrogens is 372 g/mol. The maximum atomic E-state index is 12.1. The van der Waals surface area contributed by atoms with Crippen molar-refractivity contribution in [2.45, 2.75) is 13.8 Å². The van der Waals surface area contributed by atoms with Crippen LogP contribution in [0.15, 0.2) is 30.3 Å². The molecule has 0 aliphatic carbocycles. The molecule has 1 aromatic heterocycles. The molecule has 144 valence electrons. The van der Waals surface area contributed by atoms with Gasteiger partial charge in [0.05, 0.1) is 19.2 Å². The summed E-state index contributed by atoms with van der Waals surface area (Å²) in [7, 11) is 1.55. The van der Waals surface area contributed by atoms with E-state index >= 15 is 0 Å². The van der Waals surface area contributed by atoms with Gasteiger partial charge >= 0.3 is 5.97 Å². The largest absolute Gasteiger partial charge is 0.493 e. The lowest BCUT2D eigenvalue weighted by atomic mass is 10.1. The maximum Gasteiger partial charge on any atom is 0.342 e. The lowest BCUT2D eigenvalue weighted by molar-refractivity contribution is -0.124. The van der Waals surface area contributed by atoms with Crippen molar-refractivity contribution in [3.05, 3.63) is 52.3 Å². The van der Waals surface area contributed by atoms with E-state index in [4.69, 9.17) is 25.8 Å². The molecule has 0 bridgehead atoms. The summed E-state index contributed by atoms with van der Waals surface area (Å²) in [6.07, 6.45) is 0.